The number of hydrogen-bond donors (Lipinski definition) is 1. The molecule has 13 heteroatoms. The normalized spacial score (nSPS) is 12.9. The van der Waals surface area contributed by atoms with Crippen LogP contribution in [0.4, 0.5) is 18.9 Å². The summed E-state index contributed by atoms with van der Waals surface area (Å²) in [5.41, 5.74) is -1.73. The van der Waals surface area contributed by atoms with Crippen LogP contribution in [-0.2, 0) is 15.9 Å². The van der Waals surface area contributed by atoms with Gasteiger partial charge in [0.05, 0.1) is 23.9 Å². The van der Waals surface area contributed by atoms with E-state index in [4.69, 9.17) is 14.2 Å². The summed E-state index contributed by atoms with van der Waals surface area (Å²) in [5.74, 6) is -0.754. The van der Waals surface area contributed by atoms with E-state index in [2.05, 4.69) is 19.9 Å². The highest BCUT2D eigenvalue weighted by Crippen LogP contribution is 2.36. The fourth-order valence-electron chi connectivity index (χ4n) is 2.83. The Bertz CT molecular complexity index is 1370. The summed E-state index contributed by atoms with van der Waals surface area (Å²) < 4.78 is 72.2. The number of carbonyl (C=O) groups is 1. The third-order valence-electron chi connectivity index (χ3n) is 4.75. The molecule has 0 radical (unpaired) electrons. The number of alkyl halides is 3. The lowest BCUT2D eigenvalue weighted by molar-refractivity contribution is -0.141. The van der Waals surface area contributed by atoms with Gasteiger partial charge >= 0.3 is 6.18 Å². The van der Waals surface area contributed by atoms with Gasteiger partial charge in [0.1, 0.15) is 11.3 Å². The highest BCUT2D eigenvalue weighted by molar-refractivity contribution is 7.93. The van der Waals surface area contributed by atoms with E-state index in [1.54, 1.807) is 6.07 Å². The van der Waals surface area contributed by atoms with Gasteiger partial charge in [-0.3, -0.25) is 4.79 Å². The monoisotopic (exact) mass is 510 g/mol. The molecule has 3 aromatic rings. The Morgan fingerprint density at radius 2 is 1.77 bits per heavy atom. The van der Waals surface area contributed by atoms with Gasteiger partial charge in [-0.05, 0) is 36.4 Å². The number of rotatable bonds is 7. The quantitative estimate of drug-likeness (QED) is 0.493. The first kappa shape index (κ1) is 25.7. The van der Waals surface area contributed by atoms with Gasteiger partial charge in [-0.1, -0.05) is 6.07 Å². The topological polar surface area (TPSA) is 112 Å². The van der Waals surface area contributed by atoms with Gasteiger partial charge in [-0.2, -0.15) is 13.2 Å². The van der Waals surface area contributed by atoms with Crippen LogP contribution < -0.4 is 19.5 Å². The first-order chi connectivity index (χ1) is 16.5. The average molecular weight is 510 g/mol. The first-order valence-electron chi connectivity index (χ1n) is 9.85. The fourth-order valence-corrected chi connectivity index (χ4v) is 3.72. The van der Waals surface area contributed by atoms with Crippen molar-refractivity contribution in [2.75, 3.05) is 32.8 Å². The third-order valence-corrected chi connectivity index (χ3v) is 6.58. The molecule has 1 heterocycles. The number of halogens is 3. The highest BCUT2D eigenvalue weighted by Gasteiger charge is 2.35. The molecule has 1 unspecified atom stereocenters. The van der Waals surface area contributed by atoms with E-state index < -0.39 is 38.9 Å². The number of hydrogen-bond acceptors (Lipinski definition) is 8. The van der Waals surface area contributed by atoms with Crippen molar-refractivity contribution in [3.8, 4) is 23.1 Å². The lowest BCUT2D eigenvalue weighted by atomic mass is 10.2. The Kier molecular flexibility index (Phi) is 7.48. The molecule has 0 aliphatic heterocycles. The minimum atomic E-state index is -4.85. The molecule has 0 aliphatic rings. The van der Waals surface area contributed by atoms with E-state index >= 15 is 0 Å². The van der Waals surface area contributed by atoms with Gasteiger partial charge in [0.2, 0.25) is 0 Å². The Morgan fingerprint density at radius 1 is 1.03 bits per heavy atom. The average Bonchev–Trinajstić information content (AvgIpc) is 2.83. The van der Waals surface area contributed by atoms with E-state index in [-0.39, 0.29) is 17.2 Å². The van der Waals surface area contributed by atoms with Crippen LogP contribution in [0.5, 0.6) is 23.1 Å². The van der Waals surface area contributed by atoms with Crippen molar-refractivity contribution in [2.45, 2.75) is 11.1 Å². The van der Waals surface area contributed by atoms with E-state index in [0.717, 1.165) is 0 Å². The number of carbonyl (C=O) groups excluding carboxylic acids is 1. The Hall–Kier alpha value is -3.87. The number of nitrogens with zero attached hydrogens (tertiary/aromatic N) is 3. The number of nitrogens with one attached hydrogen (secondary N) is 1. The first-order valence-corrected chi connectivity index (χ1v) is 11.8. The highest BCUT2D eigenvalue weighted by atomic mass is 32.2. The third kappa shape index (κ3) is 5.98. The van der Waals surface area contributed by atoms with Crippen LogP contribution in [0.3, 0.4) is 0 Å². The molecule has 186 valence electrons. The van der Waals surface area contributed by atoms with Crippen molar-refractivity contribution in [2.24, 2.45) is 4.36 Å². The zero-order chi connectivity index (χ0) is 25.8. The molecule has 35 heavy (non-hydrogen) atoms. The minimum Gasteiger partial charge on any atom is -0.497 e. The van der Waals surface area contributed by atoms with Crippen LogP contribution in [-0.4, -0.2) is 47.8 Å². The predicted molar refractivity (Wildman–Crippen MR) is 122 cm³/mol. The maximum atomic E-state index is 13.3. The Morgan fingerprint density at radius 3 is 2.40 bits per heavy atom. The molecule has 0 saturated heterocycles. The van der Waals surface area contributed by atoms with Crippen LogP contribution >= 0.6 is 0 Å². The van der Waals surface area contributed by atoms with E-state index in [1.165, 1.54) is 63.9 Å². The largest absolute Gasteiger partial charge is 0.497 e. The minimum absolute atomic E-state index is 0.0636. The molecule has 0 spiro atoms. The molecule has 9 nitrogen and oxygen atoms in total. The van der Waals surface area contributed by atoms with Crippen LogP contribution in [0, 0.1) is 0 Å². The summed E-state index contributed by atoms with van der Waals surface area (Å²) in [6.07, 6.45) is -3.43. The van der Waals surface area contributed by atoms with Crippen LogP contribution in [0.2, 0.25) is 0 Å². The lowest BCUT2D eigenvalue weighted by Gasteiger charge is -2.15. The Balaban J connectivity index is 2.02. The summed E-state index contributed by atoms with van der Waals surface area (Å²) >= 11 is 0. The summed E-state index contributed by atoms with van der Waals surface area (Å²) in [5, 5.41) is 9.11. The molecule has 1 atom stereocenters. The van der Waals surface area contributed by atoms with Crippen LogP contribution in [0.25, 0.3) is 0 Å². The number of amides is 1. The van der Waals surface area contributed by atoms with Crippen molar-refractivity contribution in [1.82, 2.24) is 10.2 Å². The predicted octanol–water partition coefficient (Wildman–Crippen LogP) is 4.64. The molecule has 1 aromatic heterocycles. The maximum absolute atomic E-state index is 13.3. The SMILES string of the molecule is CN=S(C)(=O)c1cccc(NC(=O)c2cc(C(F)(F)F)nnc2Oc2ccc(OC)cc2OC)c1. The number of ether oxygens (including phenoxy) is 3. The molecule has 1 N–H and O–H groups in total. The number of aromatic nitrogens is 2. The van der Waals surface area contributed by atoms with Crippen molar-refractivity contribution in [3.63, 3.8) is 0 Å². The van der Waals surface area contributed by atoms with Crippen LogP contribution in [0.1, 0.15) is 16.1 Å². The van der Waals surface area contributed by atoms with Gasteiger partial charge in [-0.25, -0.2) is 8.57 Å². The molecule has 2 aromatic carbocycles. The second-order valence-corrected chi connectivity index (χ2v) is 9.47. The molecule has 0 saturated carbocycles. The molecule has 0 fully saturated rings. The summed E-state index contributed by atoms with van der Waals surface area (Å²) in [7, 11) is 1.49. The van der Waals surface area contributed by atoms with Crippen molar-refractivity contribution >= 4 is 21.3 Å². The summed E-state index contributed by atoms with van der Waals surface area (Å²) in [6.45, 7) is 0. The molecular formula is C22H21F3N4O5S. The molecule has 1 amide bonds. The van der Waals surface area contributed by atoms with Crippen molar-refractivity contribution in [1.29, 1.82) is 0 Å². The van der Waals surface area contributed by atoms with E-state index in [0.29, 0.717) is 16.7 Å². The smallest absolute Gasteiger partial charge is 0.435 e. The molecule has 0 bridgehead atoms. The second-order valence-electron chi connectivity index (χ2n) is 7.03. The van der Waals surface area contributed by atoms with Gasteiger partial charge in [-0.15, -0.1) is 10.2 Å². The standard InChI is InChI=1S/C22H21F3N4O5S/c1-26-35(4,31)15-7-5-6-13(10-15)27-20(30)16-12-19(22(23,24)25)28-29-21(16)34-17-9-8-14(32-2)11-18(17)33-3/h5-12H,1-4H3,(H,27,30). The van der Waals surface area contributed by atoms with Crippen molar-refractivity contribution in [3.05, 3.63) is 59.8 Å². The van der Waals surface area contributed by atoms with Gasteiger partial charge in [0.25, 0.3) is 11.8 Å². The molecule has 3 rings (SSSR count). The zero-order valence-electron chi connectivity index (χ0n) is 19.0. The maximum Gasteiger partial charge on any atom is 0.435 e. The van der Waals surface area contributed by atoms with E-state index in [9.17, 15) is 22.2 Å². The van der Waals surface area contributed by atoms with E-state index in [1.807, 2.05) is 0 Å². The number of methoxy groups -OCH3 is 2. The second kappa shape index (κ2) is 10.2. The van der Waals surface area contributed by atoms with Crippen molar-refractivity contribution < 1.29 is 36.4 Å². The van der Waals surface area contributed by atoms with Crippen LogP contribution in [0.15, 0.2) is 57.8 Å². The van der Waals surface area contributed by atoms with Gasteiger partial charge < -0.3 is 19.5 Å². The zero-order valence-corrected chi connectivity index (χ0v) is 19.9. The van der Waals surface area contributed by atoms with Gasteiger partial charge in [0, 0.05) is 30.0 Å². The number of anilines is 1. The molecular weight excluding hydrogens is 489 g/mol. The number of benzene rings is 2. The summed E-state index contributed by atoms with van der Waals surface area (Å²) in [6, 6.07) is 11.0. The summed E-state index contributed by atoms with van der Waals surface area (Å²) in [4.78, 5) is 13.4. The fraction of sp³-hybridized carbons (Fsp3) is 0.227. The van der Waals surface area contributed by atoms with Gasteiger partial charge in [0.15, 0.2) is 17.2 Å². The molecule has 0 aliphatic carbocycles. The Labute approximate surface area is 199 Å². The lowest BCUT2D eigenvalue weighted by Crippen LogP contribution is -2.18.